The lowest BCUT2D eigenvalue weighted by Crippen LogP contribution is -2.31. The van der Waals surface area contributed by atoms with Crippen LogP contribution in [-0.4, -0.2) is 16.1 Å². The Morgan fingerprint density at radius 1 is 1.57 bits per heavy atom. The van der Waals surface area contributed by atoms with E-state index >= 15 is 0 Å². The predicted molar refractivity (Wildman–Crippen MR) is 58.9 cm³/mol. The largest absolute Gasteiger partial charge is 0.369 e. The summed E-state index contributed by atoms with van der Waals surface area (Å²) in [7, 11) is 0. The molecule has 0 saturated heterocycles. The molecule has 6 heteroatoms. The molecule has 0 fully saturated rings. The number of primary amides is 1. The fourth-order valence-electron chi connectivity index (χ4n) is 0.877. The van der Waals surface area contributed by atoms with Crippen LogP contribution in [0.3, 0.4) is 0 Å². The van der Waals surface area contributed by atoms with E-state index in [2.05, 4.69) is 26.1 Å². The SMILES string of the molecule is CC(C)(CCc1nnc(Br)s1)C(N)=O. The first kappa shape index (κ1) is 11.6. The van der Waals surface area contributed by atoms with E-state index in [0.717, 1.165) is 15.3 Å². The highest BCUT2D eigenvalue weighted by molar-refractivity contribution is 9.11. The van der Waals surface area contributed by atoms with E-state index in [9.17, 15) is 4.79 Å². The van der Waals surface area contributed by atoms with Crippen LogP contribution in [0, 0.1) is 5.41 Å². The normalized spacial score (nSPS) is 11.6. The lowest BCUT2D eigenvalue weighted by Gasteiger charge is -2.18. The highest BCUT2D eigenvalue weighted by Gasteiger charge is 2.24. The maximum atomic E-state index is 11.0. The van der Waals surface area contributed by atoms with Gasteiger partial charge in [-0.3, -0.25) is 4.79 Å². The lowest BCUT2D eigenvalue weighted by molar-refractivity contribution is -0.126. The molecule has 14 heavy (non-hydrogen) atoms. The summed E-state index contributed by atoms with van der Waals surface area (Å²) in [4.78, 5) is 11.0. The summed E-state index contributed by atoms with van der Waals surface area (Å²) >= 11 is 4.72. The van der Waals surface area contributed by atoms with Gasteiger partial charge < -0.3 is 5.73 Å². The Kier molecular flexibility index (Phi) is 3.60. The first-order valence-corrected chi connectivity index (χ1v) is 5.80. The maximum Gasteiger partial charge on any atom is 0.223 e. The van der Waals surface area contributed by atoms with E-state index in [1.54, 1.807) is 0 Å². The molecule has 0 aliphatic carbocycles. The van der Waals surface area contributed by atoms with Crippen LogP contribution in [0.2, 0.25) is 0 Å². The van der Waals surface area contributed by atoms with Gasteiger partial charge in [-0.25, -0.2) is 0 Å². The summed E-state index contributed by atoms with van der Waals surface area (Å²) in [6, 6.07) is 0. The van der Waals surface area contributed by atoms with E-state index in [1.165, 1.54) is 11.3 Å². The Morgan fingerprint density at radius 3 is 2.64 bits per heavy atom. The number of aromatic nitrogens is 2. The minimum absolute atomic E-state index is 0.277. The van der Waals surface area contributed by atoms with Crippen molar-refractivity contribution in [2.24, 2.45) is 11.1 Å². The number of amides is 1. The van der Waals surface area contributed by atoms with Crippen molar-refractivity contribution in [3.63, 3.8) is 0 Å². The van der Waals surface area contributed by atoms with Crippen molar-refractivity contribution in [2.45, 2.75) is 26.7 Å². The van der Waals surface area contributed by atoms with Crippen molar-refractivity contribution in [3.05, 3.63) is 8.92 Å². The molecule has 0 aliphatic heterocycles. The van der Waals surface area contributed by atoms with Crippen LogP contribution in [-0.2, 0) is 11.2 Å². The monoisotopic (exact) mass is 277 g/mol. The number of halogens is 1. The van der Waals surface area contributed by atoms with E-state index in [4.69, 9.17) is 5.73 Å². The molecule has 1 heterocycles. The first-order valence-electron chi connectivity index (χ1n) is 4.19. The summed E-state index contributed by atoms with van der Waals surface area (Å²) in [5.41, 5.74) is 4.78. The molecule has 0 spiro atoms. The van der Waals surface area contributed by atoms with Crippen molar-refractivity contribution >= 4 is 33.2 Å². The minimum atomic E-state index is -0.474. The number of nitrogens with two attached hydrogens (primary N) is 1. The number of aryl methyl sites for hydroxylation is 1. The number of nitrogens with zero attached hydrogens (tertiary/aromatic N) is 2. The van der Waals surface area contributed by atoms with Gasteiger partial charge in [-0.05, 0) is 22.4 Å². The highest BCUT2D eigenvalue weighted by atomic mass is 79.9. The number of hydrogen-bond donors (Lipinski definition) is 1. The molecule has 1 aromatic heterocycles. The smallest absolute Gasteiger partial charge is 0.223 e. The number of carbonyl (C=O) groups excluding carboxylic acids is 1. The van der Waals surface area contributed by atoms with Gasteiger partial charge in [-0.15, -0.1) is 10.2 Å². The molecule has 0 radical (unpaired) electrons. The standard InChI is InChI=1S/C8H12BrN3OS/c1-8(2,6(10)13)4-3-5-11-12-7(9)14-5/h3-4H2,1-2H3,(H2,10,13). The second-order valence-corrected chi connectivity index (χ2v) is 6.04. The fourth-order valence-corrected chi connectivity index (χ4v) is 2.08. The second kappa shape index (κ2) is 4.35. The maximum absolute atomic E-state index is 11.0. The lowest BCUT2D eigenvalue weighted by atomic mass is 9.87. The molecule has 1 amide bonds. The Labute approximate surface area is 95.0 Å². The zero-order valence-corrected chi connectivity index (χ0v) is 10.5. The van der Waals surface area contributed by atoms with Crippen LogP contribution >= 0.6 is 27.3 Å². The zero-order chi connectivity index (χ0) is 10.8. The van der Waals surface area contributed by atoms with Crippen LogP contribution in [0.15, 0.2) is 3.92 Å². The van der Waals surface area contributed by atoms with Crippen molar-refractivity contribution in [1.82, 2.24) is 10.2 Å². The third-order valence-corrected chi connectivity index (χ3v) is 3.49. The Balaban J connectivity index is 2.52. The van der Waals surface area contributed by atoms with Gasteiger partial charge >= 0.3 is 0 Å². The molecule has 0 saturated carbocycles. The van der Waals surface area contributed by atoms with Gasteiger partial charge in [0.15, 0.2) is 3.92 Å². The third kappa shape index (κ3) is 3.02. The molecule has 4 nitrogen and oxygen atoms in total. The molecule has 0 atom stereocenters. The van der Waals surface area contributed by atoms with Crippen molar-refractivity contribution in [2.75, 3.05) is 0 Å². The van der Waals surface area contributed by atoms with Crippen LogP contribution in [0.1, 0.15) is 25.3 Å². The van der Waals surface area contributed by atoms with Crippen LogP contribution in [0.25, 0.3) is 0 Å². The second-order valence-electron chi connectivity index (χ2n) is 3.70. The topological polar surface area (TPSA) is 68.9 Å². The van der Waals surface area contributed by atoms with Gasteiger partial charge in [0.05, 0.1) is 0 Å². The van der Waals surface area contributed by atoms with Gasteiger partial charge in [-0.2, -0.15) is 0 Å². The average Bonchev–Trinajstić information content (AvgIpc) is 2.48. The highest BCUT2D eigenvalue weighted by Crippen LogP contribution is 2.24. The number of carbonyl (C=O) groups is 1. The summed E-state index contributed by atoms with van der Waals surface area (Å²) in [5, 5.41) is 8.70. The first-order chi connectivity index (χ1) is 6.42. The van der Waals surface area contributed by atoms with Crippen LogP contribution in [0.4, 0.5) is 0 Å². The van der Waals surface area contributed by atoms with E-state index < -0.39 is 5.41 Å². The number of rotatable bonds is 4. The minimum Gasteiger partial charge on any atom is -0.369 e. The molecule has 0 aromatic carbocycles. The van der Waals surface area contributed by atoms with Crippen LogP contribution < -0.4 is 5.73 Å². The molecule has 78 valence electrons. The molecule has 0 aliphatic rings. The molecule has 0 unspecified atom stereocenters. The van der Waals surface area contributed by atoms with Crippen molar-refractivity contribution < 1.29 is 4.79 Å². The van der Waals surface area contributed by atoms with Crippen molar-refractivity contribution in [1.29, 1.82) is 0 Å². The molecular formula is C8H12BrN3OS. The van der Waals surface area contributed by atoms with Gasteiger partial charge in [0.25, 0.3) is 0 Å². The average molecular weight is 278 g/mol. The summed E-state index contributed by atoms with van der Waals surface area (Å²) in [6.07, 6.45) is 1.43. The Morgan fingerprint density at radius 2 is 2.21 bits per heavy atom. The zero-order valence-electron chi connectivity index (χ0n) is 8.08. The van der Waals surface area contributed by atoms with E-state index in [-0.39, 0.29) is 5.91 Å². The fraction of sp³-hybridized carbons (Fsp3) is 0.625. The predicted octanol–water partition coefficient (Wildman–Crippen LogP) is 1.74. The van der Waals surface area contributed by atoms with Crippen molar-refractivity contribution in [3.8, 4) is 0 Å². The molecular weight excluding hydrogens is 266 g/mol. The summed E-state index contributed by atoms with van der Waals surface area (Å²) in [6.45, 7) is 3.68. The molecule has 1 aromatic rings. The van der Waals surface area contributed by atoms with E-state index in [1.807, 2.05) is 13.8 Å². The molecule has 2 N–H and O–H groups in total. The van der Waals surface area contributed by atoms with Gasteiger partial charge in [0, 0.05) is 11.8 Å². The summed E-state index contributed by atoms with van der Waals surface area (Å²) < 4.78 is 0.768. The van der Waals surface area contributed by atoms with E-state index in [0.29, 0.717) is 6.42 Å². The van der Waals surface area contributed by atoms with Gasteiger partial charge in [0.2, 0.25) is 5.91 Å². The van der Waals surface area contributed by atoms with Gasteiger partial charge in [-0.1, -0.05) is 25.2 Å². The van der Waals surface area contributed by atoms with Crippen LogP contribution in [0.5, 0.6) is 0 Å². The Bertz CT molecular complexity index is 337. The Hall–Kier alpha value is -0.490. The third-order valence-electron chi connectivity index (χ3n) is 2.07. The molecule has 0 bridgehead atoms. The summed E-state index contributed by atoms with van der Waals surface area (Å²) in [5.74, 6) is -0.277. The quantitative estimate of drug-likeness (QED) is 0.912. The molecule has 1 rings (SSSR count). The number of hydrogen-bond acceptors (Lipinski definition) is 4. The van der Waals surface area contributed by atoms with Gasteiger partial charge in [0.1, 0.15) is 5.01 Å².